The van der Waals surface area contributed by atoms with E-state index in [1.807, 2.05) is 170 Å². The highest BCUT2D eigenvalue weighted by Crippen LogP contribution is 2.48. The Bertz CT molecular complexity index is 2990. The van der Waals surface area contributed by atoms with E-state index in [9.17, 15) is 0 Å². The molecule has 0 fully saturated rings. The minimum Gasteiger partial charge on any atom is -0.497 e. The van der Waals surface area contributed by atoms with Gasteiger partial charge in [0.1, 0.15) is 46.0 Å². The van der Waals surface area contributed by atoms with Crippen LogP contribution in [0.4, 0.5) is 0 Å². The summed E-state index contributed by atoms with van der Waals surface area (Å²) in [7, 11) is -1.38. The number of rotatable bonds is 16. The van der Waals surface area contributed by atoms with Gasteiger partial charge in [0, 0.05) is 12.1 Å². The van der Waals surface area contributed by atoms with E-state index in [1.165, 1.54) is 0 Å². The normalized spacial score (nSPS) is 11.2. The van der Waals surface area contributed by atoms with Crippen molar-refractivity contribution in [2.24, 2.45) is 0 Å². The summed E-state index contributed by atoms with van der Waals surface area (Å²) >= 11 is 0. The maximum atomic E-state index is 15.1. The third kappa shape index (κ3) is 9.50. The van der Waals surface area contributed by atoms with Crippen LogP contribution >= 0.6 is 17.2 Å². The maximum absolute atomic E-state index is 15.1. The van der Waals surface area contributed by atoms with Gasteiger partial charge in [0.15, 0.2) is 0 Å². The zero-order valence-corrected chi connectivity index (χ0v) is 37.5. The summed E-state index contributed by atoms with van der Waals surface area (Å²) in [6.07, 6.45) is 0. The summed E-state index contributed by atoms with van der Waals surface area (Å²) in [6.45, 7) is 0. The lowest BCUT2D eigenvalue weighted by molar-refractivity contribution is 0.103. The summed E-state index contributed by atoms with van der Waals surface area (Å²) in [5, 5.41) is 8.14. The Hall–Kier alpha value is -7.83. The Balaban J connectivity index is 1.01. The number of hydrogen-bond acceptors (Lipinski definition) is 9. The van der Waals surface area contributed by atoms with E-state index in [1.54, 1.807) is 50.6 Å². The smallest absolute Gasteiger partial charge is 0.497 e. The minimum absolute atomic E-state index is 0.163. The van der Waals surface area contributed by atoms with E-state index in [0.717, 1.165) is 43.1 Å². The Kier molecular flexibility index (Phi) is 12.2. The topological polar surface area (TPSA) is 90.9 Å². The van der Waals surface area contributed by atoms with Gasteiger partial charge in [-0.2, -0.15) is 0 Å². The van der Waals surface area contributed by atoms with Gasteiger partial charge in [0.2, 0.25) is 5.78 Å². The van der Waals surface area contributed by atoms with Crippen molar-refractivity contribution >= 4 is 66.1 Å². The third-order valence-electron chi connectivity index (χ3n) is 10.8. The van der Waals surface area contributed by atoms with E-state index in [2.05, 4.69) is 0 Å². The molecule has 0 aromatic heterocycles. The van der Waals surface area contributed by atoms with E-state index in [4.69, 9.17) is 36.6 Å². The first-order valence-electron chi connectivity index (χ1n) is 21.0. The van der Waals surface area contributed by atoms with Gasteiger partial charge >= 0.3 is 17.2 Å². The van der Waals surface area contributed by atoms with Crippen LogP contribution in [0.25, 0.3) is 43.1 Å². The molecular weight excluding hydrogens is 867 g/mol. The molecule has 0 aliphatic carbocycles. The molecule has 0 heterocycles. The zero-order valence-electron chi connectivity index (χ0n) is 35.7. The summed E-state index contributed by atoms with van der Waals surface area (Å²) in [4.78, 5) is 15.1. The molecule has 0 amide bonds. The van der Waals surface area contributed by atoms with Gasteiger partial charge in [0.05, 0.1) is 25.3 Å². The number of carbonyl (C=O) groups excluding carboxylic acids is 1. The molecule has 10 rings (SSSR count). The van der Waals surface area contributed by atoms with E-state index in [-0.39, 0.29) is 22.6 Å². The lowest BCUT2D eigenvalue weighted by Crippen LogP contribution is -2.10. The number of fused-ring (bicyclic) bond motifs is 4. The molecule has 10 aromatic carbocycles. The highest BCUT2D eigenvalue weighted by Gasteiger charge is 2.29. The number of carbonyl (C=O) groups is 1. The van der Waals surface area contributed by atoms with E-state index in [0.29, 0.717) is 34.5 Å². The molecule has 0 spiro atoms. The van der Waals surface area contributed by atoms with Crippen molar-refractivity contribution < 1.29 is 41.4 Å². The average molecular weight is 907 g/mol. The predicted octanol–water partition coefficient (Wildman–Crippen LogP) is 15.1. The molecular formula is C55H40O9P2. The first-order valence-corrected chi connectivity index (χ1v) is 23.2. The lowest BCUT2D eigenvalue weighted by atomic mass is 10.0. The van der Waals surface area contributed by atoms with E-state index < -0.39 is 23.0 Å². The third-order valence-corrected chi connectivity index (χ3v) is 12.9. The quantitative estimate of drug-likeness (QED) is 0.0694. The number of ether oxygens (including phenoxy) is 2. The minimum atomic E-state index is -2.24. The van der Waals surface area contributed by atoms with Gasteiger partial charge in [-0.1, -0.05) is 121 Å². The fourth-order valence-corrected chi connectivity index (χ4v) is 9.43. The van der Waals surface area contributed by atoms with Crippen LogP contribution in [0.1, 0.15) is 15.9 Å². The Morgan fingerprint density at radius 3 is 0.864 bits per heavy atom. The fourth-order valence-electron chi connectivity index (χ4n) is 7.44. The second kappa shape index (κ2) is 19.1. The monoisotopic (exact) mass is 906 g/mol. The van der Waals surface area contributed by atoms with Gasteiger partial charge in [-0.25, -0.2) is 0 Å². The molecule has 0 saturated carbocycles. The van der Waals surface area contributed by atoms with Gasteiger partial charge in [-0.05, 0) is 116 Å². The second-order valence-corrected chi connectivity index (χ2v) is 17.1. The molecule has 11 heteroatoms. The molecule has 0 unspecified atom stereocenters. The molecule has 0 atom stereocenters. The number of benzene rings is 10. The molecule has 0 radical (unpaired) electrons. The largest absolute Gasteiger partial charge is 0.530 e. The highest BCUT2D eigenvalue weighted by molar-refractivity contribution is 7.43. The molecule has 10 aromatic rings. The predicted molar refractivity (Wildman–Crippen MR) is 263 cm³/mol. The maximum Gasteiger partial charge on any atom is 0.530 e. The highest BCUT2D eigenvalue weighted by atomic mass is 31.2. The SMILES string of the molecule is COc1ccc(C(=O)c2ccc(OC)cc2OP(Oc2ccc3ccccc3c2)Oc2ccc3ccccc3c2)c(OP(Oc2ccc3ccccc3c2)Oc2ccc3ccccc3c2)c1. The second-order valence-electron chi connectivity index (χ2n) is 15.1. The molecule has 0 aliphatic heterocycles. The zero-order chi connectivity index (χ0) is 44.8. The Labute approximate surface area is 383 Å². The van der Waals surface area contributed by atoms with Crippen LogP contribution in [-0.4, -0.2) is 20.0 Å². The van der Waals surface area contributed by atoms with Crippen LogP contribution in [0, 0.1) is 0 Å². The van der Waals surface area contributed by atoms with Gasteiger partial charge < -0.3 is 36.6 Å². The van der Waals surface area contributed by atoms with Crippen molar-refractivity contribution in [1.29, 1.82) is 0 Å². The fraction of sp³-hybridized carbons (Fsp3) is 0.0364. The van der Waals surface area contributed by atoms with Crippen LogP contribution in [-0.2, 0) is 0 Å². The molecule has 0 bridgehead atoms. The van der Waals surface area contributed by atoms with E-state index >= 15 is 4.79 Å². The number of ketones is 1. The Morgan fingerprint density at radius 2 is 0.576 bits per heavy atom. The van der Waals surface area contributed by atoms with Crippen LogP contribution in [0.15, 0.2) is 206 Å². The molecule has 66 heavy (non-hydrogen) atoms. The van der Waals surface area contributed by atoms with Crippen LogP contribution < -0.4 is 36.6 Å². The Morgan fingerprint density at radius 1 is 0.303 bits per heavy atom. The summed E-state index contributed by atoms with van der Waals surface area (Å²) in [5.41, 5.74) is 0.385. The molecule has 324 valence electrons. The lowest BCUT2D eigenvalue weighted by Gasteiger charge is -2.21. The first kappa shape index (κ1) is 42.1. The van der Waals surface area contributed by atoms with Gasteiger partial charge in [0.25, 0.3) is 0 Å². The van der Waals surface area contributed by atoms with Crippen molar-refractivity contribution in [3.63, 3.8) is 0 Å². The van der Waals surface area contributed by atoms with Gasteiger partial charge in [-0.15, -0.1) is 0 Å². The standard InChI is InChI=1S/C55H40O9P2/c1-57-45-27-29-51(53(35-45)63-65(59-47-23-19-37-11-3-7-15-41(37)31-47)60-48-24-20-38-12-4-8-16-42(38)32-48)55(56)52-30-28-46(58-2)36-54(52)64-66(61-49-25-21-39-13-5-9-17-43(39)33-49)62-50-26-22-40-14-6-10-18-44(40)34-50/h3-36H,1-2H3. The molecule has 0 aliphatic rings. The number of methoxy groups -OCH3 is 2. The molecule has 9 nitrogen and oxygen atoms in total. The van der Waals surface area contributed by atoms with Crippen LogP contribution in [0.3, 0.4) is 0 Å². The van der Waals surface area contributed by atoms with Crippen molar-refractivity contribution in [3.05, 3.63) is 217 Å². The first-order chi connectivity index (χ1) is 32.4. The van der Waals surface area contributed by atoms with Crippen molar-refractivity contribution in [2.45, 2.75) is 0 Å². The van der Waals surface area contributed by atoms with Crippen LogP contribution in [0.2, 0.25) is 0 Å². The van der Waals surface area contributed by atoms with Crippen molar-refractivity contribution in [2.75, 3.05) is 14.2 Å². The van der Waals surface area contributed by atoms with Crippen molar-refractivity contribution in [1.82, 2.24) is 0 Å². The summed E-state index contributed by atoms with van der Waals surface area (Å²) in [5.74, 6) is 2.89. The van der Waals surface area contributed by atoms with Gasteiger partial charge in [-0.3, -0.25) is 4.79 Å². The summed E-state index contributed by atoms with van der Waals surface area (Å²) in [6, 6.07) is 65.0. The average Bonchev–Trinajstić information content (AvgIpc) is 3.36. The van der Waals surface area contributed by atoms with Crippen molar-refractivity contribution in [3.8, 4) is 46.0 Å². The molecule has 0 saturated heterocycles. The summed E-state index contributed by atoms with van der Waals surface area (Å²) < 4.78 is 50.7. The number of hydrogen-bond donors (Lipinski definition) is 0. The molecule has 0 N–H and O–H groups in total. The van der Waals surface area contributed by atoms with Crippen LogP contribution in [0.5, 0.6) is 46.0 Å².